The molecule has 0 spiro atoms. The number of amides is 1. The van der Waals surface area contributed by atoms with Crippen LogP contribution >= 0.6 is 11.6 Å². The zero-order valence-corrected chi connectivity index (χ0v) is 20.4. The predicted octanol–water partition coefficient (Wildman–Crippen LogP) is 5.36. The number of hydrogen-bond donors (Lipinski definition) is 3. The Labute approximate surface area is 205 Å². The van der Waals surface area contributed by atoms with Crippen LogP contribution in [0.1, 0.15) is 55.0 Å². The molecule has 0 saturated carbocycles. The lowest BCUT2D eigenvalue weighted by molar-refractivity contribution is -0.119. The number of piperidine rings is 1. The maximum absolute atomic E-state index is 12.4. The van der Waals surface area contributed by atoms with Gasteiger partial charge >= 0.3 is 0 Å². The van der Waals surface area contributed by atoms with Gasteiger partial charge in [-0.15, -0.1) is 0 Å². The second-order valence-electron chi connectivity index (χ2n) is 9.68. The Balaban J connectivity index is 1.29. The average molecular weight is 476 g/mol. The van der Waals surface area contributed by atoms with Gasteiger partial charge in [-0.3, -0.25) is 4.79 Å². The summed E-state index contributed by atoms with van der Waals surface area (Å²) < 4.78 is 0. The highest BCUT2D eigenvalue weighted by Gasteiger charge is 2.39. The number of nitrogens with zero attached hydrogens (tertiary/aromatic N) is 2. The van der Waals surface area contributed by atoms with E-state index in [1.807, 2.05) is 26.0 Å². The van der Waals surface area contributed by atoms with E-state index in [1.54, 1.807) is 6.20 Å². The predicted molar refractivity (Wildman–Crippen MR) is 137 cm³/mol. The topological polar surface area (TPSA) is 78.9 Å². The monoisotopic (exact) mass is 475 g/mol. The Morgan fingerprint density at radius 3 is 2.62 bits per heavy atom. The zero-order valence-electron chi connectivity index (χ0n) is 19.6. The highest BCUT2D eigenvalue weighted by atomic mass is 35.5. The Morgan fingerprint density at radius 1 is 1.09 bits per heavy atom. The third-order valence-corrected chi connectivity index (χ3v) is 7.33. The van der Waals surface area contributed by atoms with Gasteiger partial charge in [0.1, 0.15) is 0 Å². The largest absolute Gasteiger partial charge is 0.325 e. The van der Waals surface area contributed by atoms with Crippen molar-refractivity contribution >= 4 is 34.8 Å². The Bertz CT molecular complexity index is 1200. The number of rotatable bonds is 6. The molecule has 0 bridgehead atoms. The first-order valence-corrected chi connectivity index (χ1v) is 12.3. The number of aryl methyl sites for hydroxylation is 2. The fourth-order valence-electron chi connectivity index (χ4n) is 5.06. The van der Waals surface area contributed by atoms with Gasteiger partial charge in [-0.2, -0.15) is 0 Å². The lowest BCUT2D eigenvalue weighted by Gasteiger charge is -2.23. The van der Waals surface area contributed by atoms with Crippen molar-refractivity contribution in [3.05, 3.63) is 76.1 Å². The summed E-state index contributed by atoms with van der Waals surface area (Å²) in [5.41, 5.74) is 5.69. The number of halogens is 1. The number of anilines is 3. The Kier molecular flexibility index (Phi) is 6.28. The van der Waals surface area contributed by atoms with E-state index >= 15 is 0 Å². The zero-order chi connectivity index (χ0) is 23.7. The first-order chi connectivity index (χ1) is 16.4. The highest BCUT2D eigenvalue weighted by molar-refractivity contribution is 6.31. The third kappa shape index (κ3) is 4.52. The lowest BCUT2D eigenvalue weighted by Crippen LogP contribution is -2.27. The number of benzene rings is 2. The molecule has 0 unspecified atom stereocenters. The SMILES string of the molecule is CC1(C)C(=O)Nc2cccc(CCc3nc(Nc4ccc(C5CCNCC5)cc4)ncc3Cl)c21. The van der Waals surface area contributed by atoms with Gasteiger partial charge in [-0.1, -0.05) is 35.9 Å². The van der Waals surface area contributed by atoms with E-state index in [1.165, 1.54) is 18.4 Å². The molecule has 0 atom stereocenters. The molecule has 2 aromatic carbocycles. The summed E-state index contributed by atoms with van der Waals surface area (Å²) in [7, 11) is 0. The van der Waals surface area contributed by atoms with E-state index in [4.69, 9.17) is 16.6 Å². The van der Waals surface area contributed by atoms with Crippen molar-refractivity contribution in [2.45, 2.75) is 50.9 Å². The van der Waals surface area contributed by atoms with E-state index in [-0.39, 0.29) is 5.91 Å². The van der Waals surface area contributed by atoms with Crippen LogP contribution in [0.15, 0.2) is 48.7 Å². The van der Waals surface area contributed by atoms with Crippen LogP contribution in [0.4, 0.5) is 17.3 Å². The second kappa shape index (κ2) is 9.35. The van der Waals surface area contributed by atoms with Crippen molar-refractivity contribution in [1.29, 1.82) is 0 Å². The molecule has 2 aliphatic rings. The summed E-state index contributed by atoms with van der Waals surface area (Å²) in [5, 5.41) is 10.3. The number of carbonyl (C=O) groups is 1. The number of carbonyl (C=O) groups excluding carboxylic acids is 1. The number of aromatic nitrogens is 2. The van der Waals surface area contributed by atoms with Crippen molar-refractivity contribution in [1.82, 2.24) is 15.3 Å². The van der Waals surface area contributed by atoms with Crippen molar-refractivity contribution in [2.75, 3.05) is 23.7 Å². The minimum atomic E-state index is -0.547. The van der Waals surface area contributed by atoms with Crippen LogP contribution in [0, 0.1) is 0 Å². The maximum Gasteiger partial charge on any atom is 0.234 e. The minimum Gasteiger partial charge on any atom is -0.325 e. The van der Waals surface area contributed by atoms with Gasteiger partial charge in [0, 0.05) is 11.4 Å². The van der Waals surface area contributed by atoms with Gasteiger partial charge in [-0.05, 0) is 93.4 Å². The molecule has 5 rings (SSSR count). The van der Waals surface area contributed by atoms with Crippen LogP contribution in [0.3, 0.4) is 0 Å². The van der Waals surface area contributed by atoms with Crippen LogP contribution in [-0.4, -0.2) is 29.0 Å². The van der Waals surface area contributed by atoms with E-state index < -0.39 is 5.41 Å². The molecule has 176 valence electrons. The van der Waals surface area contributed by atoms with Crippen LogP contribution in [-0.2, 0) is 23.1 Å². The molecular formula is C27H30ClN5O. The standard InChI is InChI=1S/C27H30ClN5O/c1-27(2)24-19(4-3-5-23(24)32-25(27)34)8-11-22-21(28)16-30-26(33-22)31-20-9-6-17(7-10-20)18-12-14-29-15-13-18/h3-7,9-10,16,18,29H,8,11-15H2,1-2H3,(H,32,34)(H,30,31,33). The van der Waals surface area contributed by atoms with Crippen LogP contribution in [0.25, 0.3) is 0 Å². The van der Waals surface area contributed by atoms with Crippen molar-refractivity contribution in [3.8, 4) is 0 Å². The number of hydrogen-bond acceptors (Lipinski definition) is 5. The molecule has 1 aromatic heterocycles. The molecule has 0 radical (unpaired) electrons. The molecule has 3 aromatic rings. The van der Waals surface area contributed by atoms with Crippen LogP contribution in [0.2, 0.25) is 5.02 Å². The summed E-state index contributed by atoms with van der Waals surface area (Å²) in [6.45, 7) is 6.10. The molecule has 3 N–H and O–H groups in total. The minimum absolute atomic E-state index is 0.0349. The summed E-state index contributed by atoms with van der Waals surface area (Å²) in [4.78, 5) is 21.5. The van der Waals surface area contributed by atoms with Crippen molar-refractivity contribution < 1.29 is 4.79 Å². The fourth-order valence-corrected chi connectivity index (χ4v) is 5.24. The van der Waals surface area contributed by atoms with E-state index in [2.05, 4.69) is 51.3 Å². The molecule has 2 aliphatic heterocycles. The van der Waals surface area contributed by atoms with Crippen molar-refractivity contribution in [2.24, 2.45) is 0 Å². The maximum atomic E-state index is 12.4. The van der Waals surface area contributed by atoms with Gasteiger partial charge in [0.2, 0.25) is 11.9 Å². The van der Waals surface area contributed by atoms with E-state index in [9.17, 15) is 4.79 Å². The first kappa shape index (κ1) is 22.8. The van der Waals surface area contributed by atoms with Crippen LogP contribution in [0.5, 0.6) is 0 Å². The molecule has 7 heteroatoms. The summed E-state index contributed by atoms with van der Waals surface area (Å²) >= 11 is 6.44. The Morgan fingerprint density at radius 2 is 1.85 bits per heavy atom. The molecule has 6 nitrogen and oxygen atoms in total. The molecule has 0 aliphatic carbocycles. The molecule has 1 fully saturated rings. The van der Waals surface area contributed by atoms with E-state index in [0.717, 1.165) is 47.7 Å². The first-order valence-electron chi connectivity index (χ1n) is 11.9. The quantitative estimate of drug-likeness (QED) is 0.447. The lowest BCUT2D eigenvalue weighted by atomic mass is 9.82. The molecular weight excluding hydrogens is 446 g/mol. The summed E-state index contributed by atoms with van der Waals surface area (Å²) in [6.07, 6.45) is 5.42. The fraction of sp³-hybridized carbons (Fsp3) is 0.370. The van der Waals surface area contributed by atoms with Gasteiger partial charge < -0.3 is 16.0 Å². The van der Waals surface area contributed by atoms with Gasteiger partial charge in [-0.25, -0.2) is 9.97 Å². The van der Waals surface area contributed by atoms with Crippen LogP contribution < -0.4 is 16.0 Å². The highest BCUT2D eigenvalue weighted by Crippen LogP contribution is 2.40. The summed E-state index contributed by atoms with van der Waals surface area (Å²) in [5.74, 6) is 1.20. The molecule has 1 amide bonds. The smallest absolute Gasteiger partial charge is 0.234 e. The molecule has 1 saturated heterocycles. The Hall–Kier alpha value is -2.96. The second-order valence-corrected chi connectivity index (χ2v) is 10.1. The molecule has 34 heavy (non-hydrogen) atoms. The third-order valence-electron chi connectivity index (χ3n) is 7.02. The normalized spacial score (nSPS) is 17.3. The van der Waals surface area contributed by atoms with Crippen molar-refractivity contribution in [3.63, 3.8) is 0 Å². The van der Waals surface area contributed by atoms with Gasteiger partial charge in [0.15, 0.2) is 0 Å². The van der Waals surface area contributed by atoms with E-state index in [0.29, 0.717) is 23.3 Å². The summed E-state index contributed by atoms with van der Waals surface area (Å²) in [6, 6.07) is 14.6. The van der Waals surface area contributed by atoms with Gasteiger partial charge in [0.05, 0.1) is 22.3 Å². The molecule has 3 heterocycles. The van der Waals surface area contributed by atoms with Gasteiger partial charge in [0.25, 0.3) is 0 Å². The number of fused-ring (bicyclic) bond motifs is 1. The number of nitrogens with one attached hydrogen (secondary N) is 3. The average Bonchev–Trinajstić information content (AvgIpc) is 3.09.